The van der Waals surface area contributed by atoms with Gasteiger partial charge in [0.1, 0.15) is 24.4 Å². The largest absolute Gasteiger partial charge is 0.394 e. The van der Waals surface area contributed by atoms with E-state index >= 15 is 0 Å². The normalized spacial score (nSPS) is 18.2. The van der Waals surface area contributed by atoms with Gasteiger partial charge in [-0.1, -0.05) is 386 Å². The van der Waals surface area contributed by atoms with Crippen molar-refractivity contribution in [2.24, 2.45) is 0 Å². The first kappa shape index (κ1) is 79.9. The summed E-state index contributed by atoms with van der Waals surface area (Å²) in [5, 5.41) is 54.8. The topological polar surface area (TPSA) is 149 Å². The molecule has 1 amide bonds. The van der Waals surface area contributed by atoms with Crippen LogP contribution in [0, 0.1) is 0 Å². The molecule has 0 aromatic heterocycles. The molecule has 0 bridgehead atoms. The molecule has 0 spiro atoms. The summed E-state index contributed by atoms with van der Waals surface area (Å²) in [6.07, 6.45) is 76.3. The summed E-state index contributed by atoms with van der Waals surface area (Å²) in [6.45, 7) is 3.85. The Morgan fingerprint density at radius 2 is 0.663 bits per heavy atom. The molecule has 9 nitrogen and oxygen atoms in total. The summed E-state index contributed by atoms with van der Waals surface area (Å²) >= 11 is 0. The molecule has 6 N–H and O–H groups in total. The van der Waals surface area contributed by atoms with Gasteiger partial charge in [-0.05, 0) is 19.3 Å². The molecule has 1 heterocycles. The zero-order valence-electron chi connectivity index (χ0n) is 55.5. The monoisotopic (exact) mass is 1180 g/mol. The summed E-state index contributed by atoms with van der Waals surface area (Å²) < 4.78 is 11.3. The van der Waals surface area contributed by atoms with Gasteiger partial charge < -0.3 is 40.3 Å². The molecule has 1 aliphatic heterocycles. The molecule has 0 aromatic rings. The molecule has 0 radical (unpaired) electrons. The minimum atomic E-state index is -1.56. The van der Waals surface area contributed by atoms with Crippen molar-refractivity contribution in [3.05, 3.63) is 12.2 Å². The van der Waals surface area contributed by atoms with Crippen LogP contribution in [-0.4, -0.2) is 87.5 Å². The van der Waals surface area contributed by atoms with Gasteiger partial charge in [0.15, 0.2) is 6.29 Å². The van der Waals surface area contributed by atoms with Gasteiger partial charge >= 0.3 is 0 Å². The van der Waals surface area contributed by atoms with Gasteiger partial charge in [-0.3, -0.25) is 4.79 Å². The van der Waals surface area contributed by atoms with Crippen molar-refractivity contribution >= 4 is 5.91 Å². The predicted molar refractivity (Wildman–Crippen MR) is 355 cm³/mol. The summed E-state index contributed by atoms with van der Waals surface area (Å²) in [5.74, 6) is -0.166. The van der Waals surface area contributed by atoms with Crippen LogP contribution >= 0.6 is 0 Å². The Kier molecular flexibility index (Phi) is 61.6. The van der Waals surface area contributed by atoms with Crippen molar-refractivity contribution in [2.45, 2.75) is 442 Å². The Labute approximate surface area is 516 Å². The fraction of sp³-hybridized carbons (Fsp3) is 0.959. The van der Waals surface area contributed by atoms with Crippen LogP contribution in [0.5, 0.6) is 0 Å². The van der Waals surface area contributed by atoms with Gasteiger partial charge in [0.05, 0.1) is 25.4 Å². The first-order chi connectivity index (χ1) is 40.8. The maximum Gasteiger partial charge on any atom is 0.220 e. The number of nitrogens with one attached hydrogen (secondary N) is 1. The van der Waals surface area contributed by atoms with Crippen LogP contribution in [0.2, 0.25) is 0 Å². The molecule has 1 saturated heterocycles. The van der Waals surface area contributed by atoms with E-state index in [0.29, 0.717) is 6.42 Å². The molecule has 0 aliphatic carbocycles. The van der Waals surface area contributed by atoms with E-state index in [9.17, 15) is 30.3 Å². The number of ether oxygens (including phenoxy) is 2. The summed E-state index contributed by atoms with van der Waals surface area (Å²) in [7, 11) is 0. The Morgan fingerprint density at radius 3 is 0.940 bits per heavy atom. The maximum absolute atomic E-state index is 13.1. The maximum atomic E-state index is 13.1. The van der Waals surface area contributed by atoms with Crippen molar-refractivity contribution in [1.82, 2.24) is 5.32 Å². The third kappa shape index (κ3) is 52.6. The van der Waals surface area contributed by atoms with Gasteiger partial charge in [-0.25, -0.2) is 0 Å². The van der Waals surface area contributed by atoms with Crippen molar-refractivity contribution in [3.8, 4) is 0 Å². The van der Waals surface area contributed by atoms with E-state index in [4.69, 9.17) is 9.47 Å². The van der Waals surface area contributed by atoms with Gasteiger partial charge in [0.2, 0.25) is 5.91 Å². The average molecular weight is 1180 g/mol. The molecule has 7 atom stereocenters. The molecule has 0 saturated carbocycles. The minimum absolute atomic E-state index is 0.166. The molecule has 9 heteroatoms. The second kappa shape index (κ2) is 63.9. The van der Waals surface area contributed by atoms with E-state index < -0.39 is 49.5 Å². The van der Waals surface area contributed by atoms with Crippen LogP contribution in [0.3, 0.4) is 0 Å². The number of hydrogen-bond donors (Lipinski definition) is 6. The molecular formula is C74H145NO8. The van der Waals surface area contributed by atoms with Gasteiger partial charge in [-0.2, -0.15) is 0 Å². The van der Waals surface area contributed by atoms with E-state index in [-0.39, 0.29) is 12.5 Å². The minimum Gasteiger partial charge on any atom is -0.394 e. The van der Waals surface area contributed by atoms with Crippen LogP contribution in [0.15, 0.2) is 12.2 Å². The standard InChI is InChI=1S/C74H145NO8/c1-3-5-7-9-11-13-15-17-19-21-23-25-27-29-31-32-33-34-35-36-38-40-42-44-46-48-50-52-54-56-58-60-62-64-70(78)75-67(66-82-74-73(81)72(80)71(79)69(65-76)83-74)68(77)63-61-59-57-55-53-51-49-47-45-43-41-39-37-30-28-26-24-22-20-18-16-14-12-10-8-6-4-2/h61,63,67-69,71-74,76-77,79-81H,3-60,62,64-66H2,1-2H3,(H,75,78)/b63-61+. The second-order valence-electron chi connectivity index (χ2n) is 26.5. The lowest BCUT2D eigenvalue weighted by molar-refractivity contribution is -0.302. The van der Waals surface area contributed by atoms with Crippen molar-refractivity contribution in [3.63, 3.8) is 0 Å². The Hall–Kier alpha value is -1.07. The van der Waals surface area contributed by atoms with E-state index in [1.807, 2.05) is 6.08 Å². The predicted octanol–water partition coefficient (Wildman–Crippen LogP) is 20.7. The molecule has 1 fully saturated rings. The highest BCUT2D eigenvalue weighted by Gasteiger charge is 2.44. The third-order valence-electron chi connectivity index (χ3n) is 18.4. The molecular weight excluding hydrogens is 1030 g/mol. The van der Waals surface area contributed by atoms with Crippen molar-refractivity contribution in [2.75, 3.05) is 13.2 Å². The Morgan fingerprint density at radius 1 is 0.398 bits per heavy atom. The highest BCUT2D eigenvalue weighted by atomic mass is 16.7. The quantitative estimate of drug-likeness (QED) is 0.0261. The number of carbonyl (C=O) groups excluding carboxylic acids is 1. The third-order valence-corrected chi connectivity index (χ3v) is 18.4. The Bertz CT molecular complexity index is 1320. The van der Waals surface area contributed by atoms with Gasteiger partial charge in [0, 0.05) is 6.42 Å². The number of carbonyl (C=O) groups is 1. The summed E-state index contributed by atoms with van der Waals surface area (Å²) in [4.78, 5) is 13.1. The highest BCUT2D eigenvalue weighted by Crippen LogP contribution is 2.24. The number of aliphatic hydroxyl groups is 5. The van der Waals surface area contributed by atoms with E-state index in [2.05, 4.69) is 19.2 Å². The molecule has 7 unspecified atom stereocenters. The molecule has 1 rings (SSSR count). The average Bonchev–Trinajstić information content (AvgIpc) is 3.50. The fourth-order valence-electron chi connectivity index (χ4n) is 12.5. The van der Waals surface area contributed by atoms with E-state index in [0.717, 1.165) is 38.5 Å². The SMILES string of the molecule is CCCCCCCCCCCCCCCCCCCCCCCCCCC/C=C/C(O)C(COC1OC(CO)C(O)C(O)C1O)NC(=O)CCCCCCCCCCCCCCCCCCCCCCCCCCCCCCCCCCC. The zero-order valence-corrected chi connectivity index (χ0v) is 55.5. The van der Waals surface area contributed by atoms with Crippen LogP contribution < -0.4 is 5.32 Å². The Balaban J connectivity index is 2.08. The van der Waals surface area contributed by atoms with E-state index in [1.165, 1.54) is 340 Å². The lowest BCUT2D eigenvalue weighted by Crippen LogP contribution is -2.60. The number of amides is 1. The zero-order chi connectivity index (χ0) is 60.0. The summed E-state index contributed by atoms with van der Waals surface area (Å²) in [6, 6.07) is -0.802. The van der Waals surface area contributed by atoms with Crippen molar-refractivity contribution in [1.29, 1.82) is 0 Å². The first-order valence-corrected chi connectivity index (χ1v) is 37.4. The number of aliphatic hydroxyl groups excluding tert-OH is 5. The van der Waals surface area contributed by atoms with Gasteiger partial charge in [0.25, 0.3) is 0 Å². The fourth-order valence-corrected chi connectivity index (χ4v) is 12.5. The number of rotatable bonds is 67. The number of hydrogen-bond acceptors (Lipinski definition) is 8. The van der Waals surface area contributed by atoms with Crippen molar-refractivity contribution < 1.29 is 39.8 Å². The van der Waals surface area contributed by atoms with Crippen LogP contribution in [0.4, 0.5) is 0 Å². The van der Waals surface area contributed by atoms with Crippen LogP contribution in [0.25, 0.3) is 0 Å². The van der Waals surface area contributed by atoms with Crippen LogP contribution in [-0.2, 0) is 14.3 Å². The smallest absolute Gasteiger partial charge is 0.220 e. The highest BCUT2D eigenvalue weighted by molar-refractivity contribution is 5.76. The lowest BCUT2D eigenvalue weighted by Gasteiger charge is -2.40. The lowest BCUT2D eigenvalue weighted by atomic mass is 9.99. The summed E-state index contributed by atoms with van der Waals surface area (Å²) in [5.41, 5.74) is 0. The molecule has 494 valence electrons. The second-order valence-corrected chi connectivity index (χ2v) is 26.5. The number of unbranched alkanes of at least 4 members (excludes halogenated alkanes) is 57. The van der Waals surface area contributed by atoms with E-state index in [1.54, 1.807) is 6.08 Å². The molecule has 0 aromatic carbocycles. The molecule has 83 heavy (non-hydrogen) atoms. The van der Waals surface area contributed by atoms with Crippen LogP contribution in [0.1, 0.15) is 399 Å². The molecule has 1 aliphatic rings. The van der Waals surface area contributed by atoms with Gasteiger partial charge in [-0.15, -0.1) is 0 Å². The first-order valence-electron chi connectivity index (χ1n) is 37.4. The number of allylic oxidation sites excluding steroid dienone is 1.